The minimum Gasteiger partial charge on any atom is -0.374 e. The SMILES string of the molecule is [CH2]CCCCCCCC[Si](OCC)(OCC)OCC. The predicted molar refractivity (Wildman–Crippen MR) is 83.1 cm³/mol. The minimum atomic E-state index is -2.38. The molecule has 0 amide bonds. The molecule has 0 bridgehead atoms. The van der Waals surface area contributed by atoms with Crippen LogP contribution in [0.5, 0.6) is 0 Å². The lowest BCUT2D eigenvalue weighted by Crippen LogP contribution is -2.45. The van der Waals surface area contributed by atoms with E-state index in [1.165, 1.54) is 32.1 Å². The van der Waals surface area contributed by atoms with E-state index in [4.69, 9.17) is 13.3 Å². The van der Waals surface area contributed by atoms with E-state index in [0.29, 0.717) is 19.8 Å². The summed E-state index contributed by atoms with van der Waals surface area (Å²) in [6.07, 6.45) is 8.66. The number of rotatable bonds is 14. The number of hydrogen-bond acceptors (Lipinski definition) is 3. The van der Waals surface area contributed by atoms with Gasteiger partial charge in [0.1, 0.15) is 0 Å². The molecule has 0 fully saturated rings. The van der Waals surface area contributed by atoms with Gasteiger partial charge in [0.15, 0.2) is 0 Å². The van der Waals surface area contributed by atoms with Crippen LogP contribution in [0.25, 0.3) is 0 Å². The van der Waals surface area contributed by atoms with Gasteiger partial charge in [0.2, 0.25) is 0 Å². The second-order valence-electron chi connectivity index (χ2n) is 4.71. The summed E-state index contributed by atoms with van der Waals surface area (Å²) in [7, 11) is -2.38. The molecule has 1 radical (unpaired) electrons. The third-order valence-corrected chi connectivity index (χ3v) is 6.23. The van der Waals surface area contributed by atoms with Crippen molar-refractivity contribution in [1.29, 1.82) is 0 Å². The van der Waals surface area contributed by atoms with Crippen molar-refractivity contribution in [3.05, 3.63) is 6.92 Å². The highest BCUT2D eigenvalue weighted by atomic mass is 28.4. The van der Waals surface area contributed by atoms with Crippen molar-refractivity contribution in [1.82, 2.24) is 0 Å². The van der Waals surface area contributed by atoms with Gasteiger partial charge >= 0.3 is 8.80 Å². The van der Waals surface area contributed by atoms with E-state index in [1.54, 1.807) is 0 Å². The lowest BCUT2D eigenvalue weighted by Gasteiger charge is -2.28. The van der Waals surface area contributed by atoms with Gasteiger partial charge in [0.25, 0.3) is 0 Å². The van der Waals surface area contributed by atoms with Crippen LogP contribution in [0, 0.1) is 6.92 Å². The van der Waals surface area contributed by atoms with Crippen LogP contribution in [0.4, 0.5) is 0 Å². The molecular formula is C15H33O3Si. The summed E-state index contributed by atoms with van der Waals surface area (Å²) in [6.45, 7) is 11.9. The van der Waals surface area contributed by atoms with Crippen molar-refractivity contribution < 1.29 is 13.3 Å². The molecule has 115 valence electrons. The molecule has 0 saturated carbocycles. The highest BCUT2D eigenvalue weighted by Crippen LogP contribution is 2.20. The van der Waals surface area contributed by atoms with Gasteiger partial charge in [-0.05, 0) is 27.2 Å². The summed E-state index contributed by atoms with van der Waals surface area (Å²) in [5, 5.41) is 0. The Kier molecular flexibility index (Phi) is 13.2. The molecule has 0 aliphatic rings. The lowest BCUT2D eigenvalue weighted by molar-refractivity contribution is 0.0706. The summed E-state index contributed by atoms with van der Waals surface area (Å²) < 4.78 is 17.5. The zero-order valence-corrected chi connectivity index (χ0v) is 14.2. The second kappa shape index (κ2) is 13.1. The first-order valence-electron chi connectivity index (χ1n) is 7.95. The van der Waals surface area contributed by atoms with Gasteiger partial charge in [0, 0.05) is 25.9 Å². The van der Waals surface area contributed by atoms with Gasteiger partial charge < -0.3 is 13.3 Å². The first-order chi connectivity index (χ1) is 9.24. The Morgan fingerprint density at radius 3 is 1.53 bits per heavy atom. The normalized spacial score (nSPS) is 12.0. The Morgan fingerprint density at radius 2 is 1.11 bits per heavy atom. The average Bonchev–Trinajstić information content (AvgIpc) is 2.39. The Bertz CT molecular complexity index is 171. The highest BCUT2D eigenvalue weighted by molar-refractivity contribution is 6.60. The van der Waals surface area contributed by atoms with Crippen molar-refractivity contribution in [2.45, 2.75) is 71.8 Å². The Hall–Kier alpha value is 0.0969. The molecule has 19 heavy (non-hydrogen) atoms. The standard InChI is InChI=1S/C15H33O3Si/c1-5-9-10-11-12-13-14-15-19(16-6-2,17-7-3)18-8-4/h1,5-15H2,2-4H3. The minimum absolute atomic E-state index is 0.676. The molecule has 0 heterocycles. The molecule has 0 saturated heterocycles. The van der Waals surface area contributed by atoms with Crippen molar-refractivity contribution in [2.75, 3.05) is 19.8 Å². The molecule has 0 aliphatic carbocycles. The van der Waals surface area contributed by atoms with E-state index >= 15 is 0 Å². The molecule has 0 rings (SSSR count). The van der Waals surface area contributed by atoms with E-state index in [9.17, 15) is 0 Å². The van der Waals surface area contributed by atoms with Crippen molar-refractivity contribution in [3.63, 3.8) is 0 Å². The van der Waals surface area contributed by atoms with Crippen LogP contribution in [0.15, 0.2) is 0 Å². The average molecular weight is 290 g/mol. The Balaban J connectivity index is 3.89. The molecule has 0 aromatic heterocycles. The maximum atomic E-state index is 5.84. The summed E-state index contributed by atoms with van der Waals surface area (Å²) >= 11 is 0. The molecular weight excluding hydrogens is 256 g/mol. The largest absolute Gasteiger partial charge is 0.500 e. The second-order valence-corrected chi connectivity index (χ2v) is 7.44. The van der Waals surface area contributed by atoms with Crippen molar-refractivity contribution in [2.24, 2.45) is 0 Å². The van der Waals surface area contributed by atoms with Crippen LogP contribution >= 0.6 is 0 Å². The van der Waals surface area contributed by atoms with E-state index in [1.807, 2.05) is 20.8 Å². The van der Waals surface area contributed by atoms with Gasteiger partial charge in [-0.1, -0.05) is 45.4 Å². The van der Waals surface area contributed by atoms with Crippen LogP contribution in [-0.4, -0.2) is 28.6 Å². The van der Waals surface area contributed by atoms with E-state index in [0.717, 1.165) is 18.9 Å². The molecule has 3 nitrogen and oxygen atoms in total. The molecule has 0 N–H and O–H groups in total. The van der Waals surface area contributed by atoms with Gasteiger partial charge in [-0.2, -0.15) is 0 Å². The van der Waals surface area contributed by atoms with E-state index in [-0.39, 0.29) is 0 Å². The molecule has 0 aromatic carbocycles. The third-order valence-electron chi connectivity index (χ3n) is 3.08. The summed E-state index contributed by atoms with van der Waals surface area (Å²) in [6, 6.07) is 0.956. The van der Waals surface area contributed by atoms with Gasteiger partial charge in [-0.15, -0.1) is 0 Å². The van der Waals surface area contributed by atoms with Crippen LogP contribution in [0.2, 0.25) is 6.04 Å². The Morgan fingerprint density at radius 1 is 0.684 bits per heavy atom. The third kappa shape index (κ3) is 9.60. The molecule has 0 atom stereocenters. The maximum Gasteiger partial charge on any atom is 0.500 e. The lowest BCUT2D eigenvalue weighted by atomic mass is 10.1. The number of unbranched alkanes of at least 4 members (excludes halogenated alkanes) is 6. The fourth-order valence-corrected chi connectivity index (χ4v) is 4.91. The van der Waals surface area contributed by atoms with E-state index in [2.05, 4.69) is 6.92 Å². The smallest absolute Gasteiger partial charge is 0.374 e. The first-order valence-corrected chi connectivity index (χ1v) is 9.89. The van der Waals surface area contributed by atoms with Crippen LogP contribution in [-0.2, 0) is 13.3 Å². The van der Waals surface area contributed by atoms with Crippen LogP contribution < -0.4 is 0 Å². The van der Waals surface area contributed by atoms with Crippen LogP contribution in [0.3, 0.4) is 0 Å². The van der Waals surface area contributed by atoms with E-state index < -0.39 is 8.80 Å². The highest BCUT2D eigenvalue weighted by Gasteiger charge is 2.39. The quantitative estimate of drug-likeness (QED) is 0.345. The van der Waals surface area contributed by atoms with Crippen LogP contribution in [0.1, 0.15) is 65.7 Å². The first kappa shape index (κ1) is 19.1. The molecule has 0 aromatic rings. The molecule has 4 heteroatoms. The predicted octanol–water partition coefficient (Wildman–Crippen LogP) is 4.60. The van der Waals surface area contributed by atoms with Gasteiger partial charge in [0.05, 0.1) is 0 Å². The Labute approximate surface area is 121 Å². The molecule has 0 spiro atoms. The monoisotopic (exact) mass is 289 g/mol. The zero-order chi connectivity index (χ0) is 14.4. The maximum absolute atomic E-state index is 5.84. The fraction of sp³-hybridized carbons (Fsp3) is 0.933. The molecule has 0 aliphatic heterocycles. The number of hydrogen-bond donors (Lipinski definition) is 0. The van der Waals surface area contributed by atoms with Crippen molar-refractivity contribution >= 4 is 8.80 Å². The summed E-state index contributed by atoms with van der Waals surface area (Å²) in [5.41, 5.74) is 0. The summed E-state index contributed by atoms with van der Waals surface area (Å²) in [4.78, 5) is 0. The summed E-state index contributed by atoms with van der Waals surface area (Å²) in [5.74, 6) is 0. The topological polar surface area (TPSA) is 27.7 Å². The fourth-order valence-electron chi connectivity index (χ4n) is 2.23. The van der Waals surface area contributed by atoms with Crippen molar-refractivity contribution in [3.8, 4) is 0 Å². The molecule has 0 unspecified atom stereocenters. The van der Waals surface area contributed by atoms with Gasteiger partial charge in [-0.3, -0.25) is 0 Å². The van der Waals surface area contributed by atoms with Gasteiger partial charge in [-0.25, -0.2) is 0 Å². The zero-order valence-electron chi connectivity index (χ0n) is 13.2.